The van der Waals surface area contributed by atoms with Crippen molar-refractivity contribution in [2.45, 2.75) is 117 Å². The average molecular weight is 386 g/mol. The molecule has 0 N–H and O–H groups in total. The van der Waals surface area contributed by atoms with Crippen LogP contribution in [0.2, 0.25) is 0 Å². The van der Waals surface area contributed by atoms with Gasteiger partial charge in [-0.15, -0.1) is 0 Å². The monoisotopic (exact) mass is 385 g/mol. The van der Waals surface area contributed by atoms with E-state index in [1.807, 2.05) is 6.20 Å². The fraction of sp³-hybridized carbons (Fsp3) is 0.808. The van der Waals surface area contributed by atoms with Crippen LogP contribution in [-0.2, 0) is 6.42 Å². The number of hydrogen-bond acceptors (Lipinski definition) is 2. The minimum Gasteiger partial charge on any atom is -0.489 e. The van der Waals surface area contributed by atoms with Crippen LogP contribution in [0, 0.1) is 24.7 Å². The summed E-state index contributed by atoms with van der Waals surface area (Å²) >= 11 is 0. The Morgan fingerprint density at radius 3 is 2.18 bits per heavy atom. The van der Waals surface area contributed by atoms with E-state index in [-0.39, 0.29) is 0 Å². The van der Waals surface area contributed by atoms with E-state index in [0.29, 0.717) is 6.10 Å². The Bertz CT molecular complexity index is 568. The number of unbranched alkanes of at least 4 members (excludes halogenated alkanes) is 3. The summed E-state index contributed by atoms with van der Waals surface area (Å²) in [6, 6.07) is 2.22. The minimum atomic E-state index is 0.403. The van der Waals surface area contributed by atoms with E-state index in [4.69, 9.17) is 9.72 Å². The molecule has 0 bridgehead atoms. The largest absolute Gasteiger partial charge is 0.489 e. The Labute approximate surface area is 173 Å². The molecule has 0 radical (unpaired) electrons. The van der Waals surface area contributed by atoms with Gasteiger partial charge in [-0.1, -0.05) is 52.4 Å². The highest BCUT2D eigenvalue weighted by molar-refractivity contribution is 5.28. The smallest absolute Gasteiger partial charge is 0.138 e. The van der Waals surface area contributed by atoms with Crippen molar-refractivity contribution in [2.75, 3.05) is 0 Å². The minimum absolute atomic E-state index is 0.403. The van der Waals surface area contributed by atoms with Crippen molar-refractivity contribution >= 4 is 0 Å². The lowest BCUT2D eigenvalue weighted by atomic mass is 9.70. The van der Waals surface area contributed by atoms with Crippen molar-refractivity contribution in [3.05, 3.63) is 23.5 Å². The SMILES string of the molecule is CCCCCCc1ncc(OC2CCC(C3CCC(CC)CC3)CC2)cc1C. The summed E-state index contributed by atoms with van der Waals surface area (Å²) in [6.07, 6.45) is 21.2. The van der Waals surface area contributed by atoms with Gasteiger partial charge in [0, 0.05) is 5.69 Å². The van der Waals surface area contributed by atoms with Crippen LogP contribution in [0.5, 0.6) is 5.75 Å². The zero-order valence-electron chi connectivity index (χ0n) is 18.7. The second-order valence-electron chi connectivity index (χ2n) is 9.59. The first-order valence-electron chi connectivity index (χ1n) is 12.3. The molecule has 0 amide bonds. The topological polar surface area (TPSA) is 22.1 Å². The number of aryl methyl sites for hydroxylation is 2. The Hall–Kier alpha value is -1.05. The zero-order chi connectivity index (χ0) is 19.8. The summed E-state index contributed by atoms with van der Waals surface area (Å²) in [4.78, 5) is 4.72. The molecule has 2 aliphatic carbocycles. The molecule has 3 rings (SSSR count). The van der Waals surface area contributed by atoms with Gasteiger partial charge in [0.25, 0.3) is 0 Å². The first-order valence-corrected chi connectivity index (χ1v) is 12.3. The van der Waals surface area contributed by atoms with Crippen molar-refractivity contribution in [3.63, 3.8) is 0 Å². The molecular weight excluding hydrogens is 342 g/mol. The Morgan fingerprint density at radius 1 is 0.893 bits per heavy atom. The van der Waals surface area contributed by atoms with Crippen LogP contribution in [0.25, 0.3) is 0 Å². The van der Waals surface area contributed by atoms with Crippen molar-refractivity contribution in [1.29, 1.82) is 0 Å². The molecule has 28 heavy (non-hydrogen) atoms. The van der Waals surface area contributed by atoms with Gasteiger partial charge < -0.3 is 4.74 Å². The Kier molecular flexibility index (Phi) is 8.67. The van der Waals surface area contributed by atoms with Gasteiger partial charge >= 0.3 is 0 Å². The van der Waals surface area contributed by atoms with Crippen LogP contribution >= 0.6 is 0 Å². The number of pyridine rings is 1. The lowest BCUT2D eigenvalue weighted by Crippen LogP contribution is -2.29. The number of ether oxygens (including phenoxy) is 1. The molecule has 2 aliphatic rings. The van der Waals surface area contributed by atoms with Gasteiger partial charge in [0.05, 0.1) is 12.3 Å². The molecule has 0 aliphatic heterocycles. The van der Waals surface area contributed by atoms with Crippen LogP contribution in [0.3, 0.4) is 0 Å². The Balaban J connectivity index is 1.41. The molecule has 0 atom stereocenters. The molecule has 0 saturated heterocycles. The van der Waals surface area contributed by atoms with E-state index >= 15 is 0 Å². The van der Waals surface area contributed by atoms with Gasteiger partial charge in [0.2, 0.25) is 0 Å². The van der Waals surface area contributed by atoms with E-state index in [1.54, 1.807) is 0 Å². The quantitative estimate of drug-likeness (QED) is 0.407. The molecule has 2 saturated carbocycles. The molecule has 158 valence electrons. The molecule has 2 nitrogen and oxygen atoms in total. The van der Waals surface area contributed by atoms with Gasteiger partial charge in [0.15, 0.2) is 0 Å². The van der Waals surface area contributed by atoms with E-state index in [1.165, 1.54) is 94.7 Å². The molecular formula is C26H43NO. The highest BCUT2D eigenvalue weighted by Gasteiger charge is 2.31. The number of aromatic nitrogens is 1. The highest BCUT2D eigenvalue weighted by Crippen LogP contribution is 2.41. The first-order chi connectivity index (χ1) is 13.7. The Morgan fingerprint density at radius 2 is 1.57 bits per heavy atom. The summed E-state index contributed by atoms with van der Waals surface area (Å²) in [5.41, 5.74) is 2.56. The molecule has 2 fully saturated rings. The van der Waals surface area contributed by atoms with E-state index in [9.17, 15) is 0 Å². The fourth-order valence-corrected chi connectivity index (χ4v) is 5.56. The number of hydrogen-bond donors (Lipinski definition) is 0. The predicted molar refractivity (Wildman–Crippen MR) is 119 cm³/mol. The van der Waals surface area contributed by atoms with Crippen molar-refractivity contribution in [1.82, 2.24) is 4.98 Å². The fourth-order valence-electron chi connectivity index (χ4n) is 5.56. The van der Waals surface area contributed by atoms with Crippen LogP contribution in [-0.4, -0.2) is 11.1 Å². The normalized spacial score (nSPS) is 28.2. The molecule has 2 heteroatoms. The third kappa shape index (κ3) is 6.22. The van der Waals surface area contributed by atoms with E-state index < -0.39 is 0 Å². The van der Waals surface area contributed by atoms with Gasteiger partial charge in [-0.2, -0.15) is 0 Å². The molecule has 1 heterocycles. The summed E-state index contributed by atoms with van der Waals surface area (Å²) < 4.78 is 6.34. The van der Waals surface area contributed by atoms with Crippen molar-refractivity contribution in [3.8, 4) is 5.75 Å². The second-order valence-corrected chi connectivity index (χ2v) is 9.59. The van der Waals surface area contributed by atoms with E-state index in [2.05, 4.69) is 26.8 Å². The van der Waals surface area contributed by atoms with Crippen LogP contribution in [0.1, 0.15) is 109 Å². The number of rotatable bonds is 9. The standard InChI is InChI=1S/C26H43NO/c1-4-6-7-8-9-26-20(3)18-25(19-27-26)28-24-16-14-23(15-17-24)22-12-10-21(5-2)11-13-22/h18-19,21-24H,4-17H2,1-3H3. The molecule has 0 unspecified atom stereocenters. The van der Waals surface area contributed by atoms with Crippen molar-refractivity contribution in [2.24, 2.45) is 17.8 Å². The van der Waals surface area contributed by atoms with Crippen molar-refractivity contribution < 1.29 is 4.74 Å². The van der Waals surface area contributed by atoms with Gasteiger partial charge in [-0.25, -0.2) is 0 Å². The lowest BCUT2D eigenvalue weighted by Gasteiger charge is -2.37. The third-order valence-corrected chi connectivity index (χ3v) is 7.59. The maximum Gasteiger partial charge on any atom is 0.138 e. The van der Waals surface area contributed by atoms with Gasteiger partial charge in [0.1, 0.15) is 5.75 Å². The van der Waals surface area contributed by atoms with Gasteiger partial charge in [-0.05, 0) is 87.7 Å². The molecule has 1 aromatic heterocycles. The summed E-state index contributed by atoms with van der Waals surface area (Å²) in [7, 11) is 0. The summed E-state index contributed by atoms with van der Waals surface area (Å²) in [5.74, 6) is 3.96. The summed E-state index contributed by atoms with van der Waals surface area (Å²) in [6.45, 7) is 6.82. The molecule has 1 aromatic rings. The van der Waals surface area contributed by atoms with Crippen LogP contribution < -0.4 is 4.74 Å². The maximum absolute atomic E-state index is 6.34. The average Bonchev–Trinajstić information content (AvgIpc) is 2.73. The van der Waals surface area contributed by atoms with Crippen LogP contribution in [0.4, 0.5) is 0 Å². The van der Waals surface area contributed by atoms with E-state index in [0.717, 1.165) is 29.9 Å². The first kappa shape index (κ1) is 21.7. The van der Waals surface area contributed by atoms with Crippen LogP contribution in [0.15, 0.2) is 12.3 Å². The molecule has 0 aromatic carbocycles. The summed E-state index contributed by atoms with van der Waals surface area (Å²) in [5, 5.41) is 0. The second kappa shape index (κ2) is 11.2. The third-order valence-electron chi connectivity index (χ3n) is 7.59. The number of nitrogens with zero attached hydrogens (tertiary/aromatic N) is 1. The molecule has 0 spiro atoms. The lowest BCUT2D eigenvalue weighted by molar-refractivity contribution is 0.0917. The maximum atomic E-state index is 6.34. The zero-order valence-corrected chi connectivity index (χ0v) is 18.7. The van der Waals surface area contributed by atoms with Gasteiger partial charge in [-0.3, -0.25) is 4.98 Å². The highest BCUT2D eigenvalue weighted by atomic mass is 16.5. The predicted octanol–water partition coefficient (Wildman–Crippen LogP) is 7.67.